The van der Waals surface area contributed by atoms with Gasteiger partial charge < -0.3 is 16.0 Å². The van der Waals surface area contributed by atoms with Gasteiger partial charge in [-0.2, -0.15) is 0 Å². The first-order valence-electron chi connectivity index (χ1n) is 10.4. The van der Waals surface area contributed by atoms with Crippen LogP contribution in [0.1, 0.15) is 18.4 Å². The van der Waals surface area contributed by atoms with Crippen molar-refractivity contribution in [2.45, 2.75) is 25.9 Å². The monoisotopic (exact) mass is 497 g/mol. The van der Waals surface area contributed by atoms with Gasteiger partial charge in [0, 0.05) is 23.2 Å². The fourth-order valence-electron chi connectivity index (χ4n) is 3.87. The molecule has 1 aromatic heterocycles. The van der Waals surface area contributed by atoms with Crippen molar-refractivity contribution < 1.29 is 4.79 Å². The molecule has 3 N–H and O–H groups in total. The predicted octanol–water partition coefficient (Wildman–Crippen LogP) is 2.64. The van der Waals surface area contributed by atoms with Crippen molar-refractivity contribution in [1.29, 1.82) is 0 Å². The summed E-state index contributed by atoms with van der Waals surface area (Å²) in [6, 6.07) is 16.5. The van der Waals surface area contributed by atoms with E-state index in [-0.39, 0.29) is 18.1 Å². The molecule has 32 heavy (non-hydrogen) atoms. The van der Waals surface area contributed by atoms with E-state index >= 15 is 0 Å². The van der Waals surface area contributed by atoms with E-state index in [1.54, 1.807) is 24.3 Å². The van der Waals surface area contributed by atoms with E-state index in [1.165, 1.54) is 4.57 Å². The second-order valence-electron chi connectivity index (χ2n) is 7.73. The van der Waals surface area contributed by atoms with Gasteiger partial charge in [-0.25, -0.2) is 9.36 Å². The molecule has 0 radical (unpaired) electrons. The molecule has 1 aliphatic heterocycles. The Morgan fingerprint density at radius 2 is 1.62 bits per heavy atom. The fourth-order valence-corrected chi connectivity index (χ4v) is 4.14. The standard InChI is InChI=1S/C23H24BrN5O3/c24-17-8-10-18(11-9-17)26-19(30)15-29-22(31)20(27-12-4-5-13-27)21(25)28(23(29)32)14-16-6-2-1-3-7-16/h1-3,6-11H,4-5,12-15,25H2,(H,26,30). The topological polar surface area (TPSA) is 102 Å². The highest BCUT2D eigenvalue weighted by molar-refractivity contribution is 9.10. The molecule has 2 heterocycles. The first-order chi connectivity index (χ1) is 15.4. The van der Waals surface area contributed by atoms with Crippen molar-refractivity contribution in [1.82, 2.24) is 9.13 Å². The number of nitrogens with two attached hydrogens (primary N) is 1. The van der Waals surface area contributed by atoms with Crippen LogP contribution in [0.4, 0.5) is 17.2 Å². The van der Waals surface area contributed by atoms with Crippen LogP contribution in [0.2, 0.25) is 0 Å². The largest absolute Gasteiger partial charge is 0.383 e. The van der Waals surface area contributed by atoms with E-state index in [2.05, 4.69) is 21.2 Å². The van der Waals surface area contributed by atoms with Gasteiger partial charge in [-0.1, -0.05) is 46.3 Å². The highest BCUT2D eigenvalue weighted by Crippen LogP contribution is 2.22. The Labute approximate surface area is 193 Å². The molecule has 8 nitrogen and oxygen atoms in total. The number of nitrogens with zero attached hydrogens (tertiary/aromatic N) is 3. The van der Waals surface area contributed by atoms with Crippen LogP contribution in [-0.2, 0) is 17.9 Å². The van der Waals surface area contributed by atoms with Crippen LogP contribution in [0.3, 0.4) is 0 Å². The number of carbonyl (C=O) groups excluding carboxylic acids is 1. The molecule has 2 aromatic carbocycles. The molecular formula is C23H24BrN5O3. The molecule has 1 saturated heterocycles. The summed E-state index contributed by atoms with van der Waals surface area (Å²) in [5.41, 5.74) is 6.94. The molecule has 1 fully saturated rings. The van der Waals surface area contributed by atoms with Crippen LogP contribution in [0.5, 0.6) is 0 Å². The molecule has 0 atom stereocenters. The van der Waals surface area contributed by atoms with E-state index in [4.69, 9.17) is 5.73 Å². The number of hydrogen-bond acceptors (Lipinski definition) is 5. The third-order valence-corrected chi connectivity index (χ3v) is 6.01. The lowest BCUT2D eigenvalue weighted by atomic mass is 10.2. The van der Waals surface area contributed by atoms with Gasteiger partial charge in [-0.15, -0.1) is 0 Å². The highest BCUT2D eigenvalue weighted by atomic mass is 79.9. The number of carbonyl (C=O) groups is 1. The summed E-state index contributed by atoms with van der Waals surface area (Å²) in [5.74, 6) is -0.328. The van der Waals surface area contributed by atoms with Gasteiger partial charge in [-0.05, 0) is 42.7 Å². The van der Waals surface area contributed by atoms with Crippen LogP contribution in [-0.4, -0.2) is 28.1 Å². The van der Waals surface area contributed by atoms with E-state index in [1.807, 2.05) is 35.2 Å². The summed E-state index contributed by atoms with van der Waals surface area (Å²) in [7, 11) is 0. The second kappa shape index (κ2) is 9.44. The van der Waals surface area contributed by atoms with Gasteiger partial charge in [0.15, 0.2) is 0 Å². The van der Waals surface area contributed by atoms with Crippen molar-refractivity contribution >= 4 is 39.0 Å². The smallest absolute Gasteiger partial charge is 0.333 e. The zero-order valence-electron chi connectivity index (χ0n) is 17.5. The summed E-state index contributed by atoms with van der Waals surface area (Å²) in [6.07, 6.45) is 1.89. The molecule has 4 rings (SSSR count). The predicted molar refractivity (Wildman–Crippen MR) is 129 cm³/mol. The summed E-state index contributed by atoms with van der Waals surface area (Å²) in [4.78, 5) is 41.1. The van der Waals surface area contributed by atoms with Crippen LogP contribution in [0, 0.1) is 0 Å². The number of halogens is 1. The van der Waals surface area contributed by atoms with Crippen molar-refractivity contribution in [2.75, 3.05) is 29.0 Å². The third-order valence-electron chi connectivity index (χ3n) is 5.48. The molecule has 1 amide bonds. The first kappa shape index (κ1) is 21.9. The zero-order valence-corrected chi connectivity index (χ0v) is 19.0. The number of nitrogen functional groups attached to an aromatic ring is 1. The Hall–Kier alpha value is -3.33. The molecule has 0 unspecified atom stereocenters. The van der Waals surface area contributed by atoms with Crippen molar-refractivity contribution in [2.24, 2.45) is 0 Å². The fraction of sp³-hybridized carbons (Fsp3) is 0.261. The van der Waals surface area contributed by atoms with Crippen molar-refractivity contribution in [3.8, 4) is 0 Å². The lowest BCUT2D eigenvalue weighted by Gasteiger charge is -2.23. The van der Waals surface area contributed by atoms with E-state index < -0.39 is 23.7 Å². The summed E-state index contributed by atoms with van der Waals surface area (Å²) < 4.78 is 3.22. The molecule has 166 valence electrons. The van der Waals surface area contributed by atoms with Crippen LogP contribution in [0.25, 0.3) is 0 Å². The summed E-state index contributed by atoms with van der Waals surface area (Å²) in [5, 5.41) is 2.73. The van der Waals surface area contributed by atoms with Gasteiger partial charge in [0.25, 0.3) is 5.56 Å². The quantitative estimate of drug-likeness (QED) is 0.544. The van der Waals surface area contributed by atoms with Crippen LogP contribution in [0.15, 0.2) is 68.7 Å². The molecular weight excluding hydrogens is 474 g/mol. The SMILES string of the molecule is Nc1c(N2CCCC2)c(=O)n(CC(=O)Nc2ccc(Br)cc2)c(=O)n1Cc1ccccc1. The Balaban J connectivity index is 1.73. The Bertz CT molecular complexity index is 1230. The minimum atomic E-state index is -0.606. The maximum Gasteiger partial charge on any atom is 0.333 e. The van der Waals surface area contributed by atoms with E-state index in [9.17, 15) is 14.4 Å². The molecule has 0 spiro atoms. The van der Waals surface area contributed by atoms with E-state index in [0.717, 1.165) is 27.4 Å². The number of hydrogen-bond donors (Lipinski definition) is 2. The minimum Gasteiger partial charge on any atom is -0.383 e. The Morgan fingerprint density at radius 3 is 2.28 bits per heavy atom. The highest BCUT2D eigenvalue weighted by Gasteiger charge is 2.25. The maximum absolute atomic E-state index is 13.3. The molecule has 0 aliphatic carbocycles. The number of anilines is 3. The maximum atomic E-state index is 13.3. The number of benzene rings is 2. The average molecular weight is 498 g/mol. The van der Waals surface area contributed by atoms with Crippen LogP contribution >= 0.6 is 15.9 Å². The summed E-state index contributed by atoms with van der Waals surface area (Å²) >= 11 is 3.35. The van der Waals surface area contributed by atoms with Crippen molar-refractivity contribution in [3.05, 3.63) is 85.5 Å². The molecule has 0 bridgehead atoms. The number of aromatic nitrogens is 2. The lowest BCUT2D eigenvalue weighted by molar-refractivity contribution is -0.116. The van der Waals surface area contributed by atoms with Gasteiger partial charge in [0.1, 0.15) is 18.1 Å². The van der Waals surface area contributed by atoms with Crippen molar-refractivity contribution in [3.63, 3.8) is 0 Å². The first-order valence-corrected chi connectivity index (χ1v) is 11.2. The number of rotatable bonds is 6. The molecule has 0 saturated carbocycles. The van der Waals surface area contributed by atoms with Gasteiger partial charge in [0.2, 0.25) is 5.91 Å². The van der Waals surface area contributed by atoms with Gasteiger partial charge >= 0.3 is 5.69 Å². The second-order valence-corrected chi connectivity index (χ2v) is 8.64. The van der Waals surface area contributed by atoms with E-state index in [0.29, 0.717) is 18.8 Å². The molecule has 3 aromatic rings. The number of nitrogens with one attached hydrogen (secondary N) is 1. The molecule has 9 heteroatoms. The van der Waals surface area contributed by atoms with Gasteiger partial charge in [0.05, 0.1) is 6.54 Å². The molecule has 1 aliphatic rings. The lowest BCUT2D eigenvalue weighted by Crippen LogP contribution is -2.46. The van der Waals surface area contributed by atoms with Crippen LogP contribution < -0.4 is 27.2 Å². The minimum absolute atomic E-state index is 0.135. The Kier molecular flexibility index (Phi) is 6.45. The van der Waals surface area contributed by atoms with Gasteiger partial charge in [-0.3, -0.25) is 14.2 Å². The average Bonchev–Trinajstić information content (AvgIpc) is 3.31. The number of amides is 1. The normalized spacial score (nSPS) is 13.3. The zero-order chi connectivity index (χ0) is 22.7. The third kappa shape index (κ3) is 4.62. The Morgan fingerprint density at radius 1 is 0.969 bits per heavy atom. The summed E-state index contributed by atoms with van der Waals surface area (Å²) in [6.45, 7) is 1.19.